The average molecular weight is 427 g/mol. The summed E-state index contributed by atoms with van der Waals surface area (Å²) in [5, 5.41) is 23.1. The summed E-state index contributed by atoms with van der Waals surface area (Å²) in [6.45, 7) is 0.291. The topological polar surface area (TPSA) is 122 Å². The number of ether oxygens (including phenoxy) is 1. The van der Waals surface area contributed by atoms with Crippen LogP contribution in [0.5, 0.6) is 5.75 Å². The van der Waals surface area contributed by atoms with Crippen LogP contribution < -0.4 is 10.1 Å². The third-order valence-corrected chi connectivity index (χ3v) is 4.38. The molecule has 0 aliphatic heterocycles. The summed E-state index contributed by atoms with van der Waals surface area (Å²) < 4.78 is 5.20. The van der Waals surface area contributed by atoms with E-state index in [1.807, 2.05) is 36.4 Å². The van der Waals surface area contributed by atoms with E-state index in [0.29, 0.717) is 12.1 Å². The van der Waals surface area contributed by atoms with Crippen molar-refractivity contribution in [2.45, 2.75) is 6.54 Å². The maximum Gasteiger partial charge on any atom is 0.350 e. The van der Waals surface area contributed by atoms with Crippen molar-refractivity contribution in [3.63, 3.8) is 0 Å². The molecule has 0 saturated heterocycles. The third kappa shape index (κ3) is 5.64. The van der Waals surface area contributed by atoms with Gasteiger partial charge >= 0.3 is 5.97 Å². The molecule has 0 saturated carbocycles. The Labute approximate surface area is 183 Å². The first-order chi connectivity index (χ1) is 15.5. The van der Waals surface area contributed by atoms with Crippen molar-refractivity contribution in [1.82, 2.24) is 5.32 Å². The SMILES string of the molecule is N#C/C(=C\c1ccc(OC(=O)c2ccccc2[N+](=O)[O-])cc1)C(=O)NCc1ccccc1. The number of rotatable bonds is 7. The number of hydrogen-bond acceptors (Lipinski definition) is 6. The van der Waals surface area contributed by atoms with Crippen LogP contribution in [0.4, 0.5) is 5.69 Å². The van der Waals surface area contributed by atoms with E-state index in [1.165, 1.54) is 42.5 Å². The van der Waals surface area contributed by atoms with Crippen molar-refractivity contribution >= 4 is 23.6 Å². The number of hydrogen-bond donors (Lipinski definition) is 1. The molecular formula is C24H17N3O5. The van der Waals surface area contributed by atoms with Gasteiger partial charge in [0.05, 0.1) is 4.92 Å². The predicted molar refractivity (Wildman–Crippen MR) is 116 cm³/mol. The van der Waals surface area contributed by atoms with E-state index in [2.05, 4.69) is 5.32 Å². The van der Waals surface area contributed by atoms with E-state index in [4.69, 9.17) is 4.74 Å². The molecule has 0 aliphatic carbocycles. The van der Waals surface area contributed by atoms with Gasteiger partial charge in [0.15, 0.2) is 0 Å². The van der Waals surface area contributed by atoms with Crippen LogP contribution in [0.3, 0.4) is 0 Å². The number of carbonyl (C=O) groups excluding carboxylic acids is 2. The van der Waals surface area contributed by atoms with Gasteiger partial charge in [0.25, 0.3) is 11.6 Å². The van der Waals surface area contributed by atoms with Crippen molar-refractivity contribution in [1.29, 1.82) is 5.26 Å². The van der Waals surface area contributed by atoms with Gasteiger partial charge in [-0.1, -0.05) is 54.6 Å². The number of nitro groups is 1. The lowest BCUT2D eigenvalue weighted by Crippen LogP contribution is -2.23. The molecule has 0 aromatic heterocycles. The second-order valence-electron chi connectivity index (χ2n) is 6.57. The Hall–Kier alpha value is -4.77. The number of esters is 1. The van der Waals surface area contributed by atoms with Gasteiger partial charge in [-0.3, -0.25) is 14.9 Å². The second kappa shape index (κ2) is 10.3. The van der Waals surface area contributed by atoms with Gasteiger partial charge in [-0.15, -0.1) is 0 Å². The van der Waals surface area contributed by atoms with E-state index in [9.17, 15) is 25.0 Å². The molecule has 158 valence electrons. The minimum Gasteiger partial charge on any atom is -0.423 e. The molecule has 8 heteroatoms. The molecule has 0 atom stereocenters. The molecule has 3 rings (SSSR count). The van der Waals surface area contributed by atoms with Crippen LogP contribution in [0.2, 0.25) is 0 Å². The third-order valence-electron chi connectivity index (χ3n) is 4.38. The first kappa shape index (κ1) is 21.9. The zero-order valence-electron chi connectivity index (χ0n) is 16.7. The van der Waals surface area contributed by atoms with Crippen molar-refractivity contribution in [2.24, 2.45) is 0 Å². The van der Waals surface area contributed by atoms with E-state index in [0.717, 1.165) is 5.56 Å². The molecular weight excluding hydrogens is 410 g/mol. The quantitative estimate of drug-likeness (QED) is 0.152. The molecule has 3 aromatic rings. The lowest BCUT2D eigenvalue weighted by Gasteiger charge is -2.06. The summed E-state index contributed by atoms with van der Waals surface area (Å²) in [5.74, 6) is -1.21. The highest BCUT2D eigenvalue weighted by molar-refractivity contribution is 6.01. The molecule has 3 aromatic carbocycles. The predicted octanol–water partition coefficient (Wildman–Crippen LogP) is 4.04. The van der Waals surface area contributed by atoms with Gasteiger partial charge in [-0.25, -0.2) is 4.79 Å². The molecule has 0 radical (unpaired) electrons. The van der Waals surface area contributed by atoms with Gasteiger partial charge in [0.2, 0.25) is 0 Å². The van der Waals surface area contributed by atoms with Crippen LogP contribution in [0.1, 0.15) is 21.5 Å². The highest BCUT2D eigenvalue weighted by atomic mass is 16.6. The fraction of sp³-hybridized carbons (Fsp3) is 0.0417. The van der Waals surface area contributed by atoms with Gasteiger partial charge in [0.1, 0.15) is 23.0 Å². The molecule has 32 heavy (non-hydrogen) atoms. The van der Waals surface area contributed by atoms with Crippen LogP contribution in [-0.2, 0) is 11.3 Å². The number of amides is 1. The number of para-hydroxylation sites is 1. The van der Waals surface area contributed by atoms with Crippen LogP contribution in [0.25, 0.3) is 6.08 Å². The van der Waals surface area contributed by atoms with Crippen LogP contribution >= 0.6 is 0 Å². The van der Waals surface area contributed by atoms with E-state index in [1.54, 1.807) is 12.1 Å². The van der Waals surface area contributed by atoms with E-state index >= 15 is 0 Å². The van der Waals surface area contributed by atoms with Crippen molar-refractivity contribution in [3.8, 4) is 11.8 Å². The highest BCUT2D eigenvalue weighted by Crippen LogP contribution is 2.21. The maximum absolute atomic E-state index is 12.3. The smallest absolute Gasteiger partial charge is 0.350 e. The number of benzene rings is 3. The molecule has 0 heterocycles. The summed E-state index contributed by atoms with van der Waals surface area (Å²) in [7, 11) is 0. The van der Waals surface area contributed by atoms with Gasteiger partial charge in [-0.2, -0.15) is 5.26 Å². The average Bonchev–Trinajstić information content (AvgIpc) is 2.82. The Morgan fingerprint density at radius 3 is 2.31 bits per heavy atom. The number of nitriles is 1. The lowest BCUT2D eigenvalue weighted by atomic mass is 10.1. The highest BCUT2D eigenvalue weighted by Gasteiger charge is 2.21. The molecule has 0 bridgehead atoms. The van der Waals surface area contributed by atoms with Crippen LogP contribution in [0.15, 0.2) is 84.4 Å². The van der Waals surface area contributed by atoms with Gasteiger partial charge in [-0.05, 0) is 35.4 Å². The Balaban J connectivity index is 1.67. The molecule has 8 nitrogen and oxygen atoms in total. The first-order valence-corrected chi connectivity index (χ1v) is 9.47. The molecule has 0 aliphatic rings. The van der Waals surface area contributed by atoms with Crippen molar-refractivity contribution in [2.75, 3.05) is 0 Å². The largest absolute Gasteiger partial charge is 0.423 e. The Bertz CT molecular complexity index is 1210. The number of nitrogens with one attached hydrogen (secondary N) is 1. The normalized spacial score (nSPS) is 10.7. The zero-order valence-corrected chi connectivity index (χ0v) is 16.7. The summed E-state index contributed by atoms with van der Waals surface area (Å²) in [6, 6.07) is 22.7. The Morgan fingerprint density at radius 1 is 1.00 bits per heavy atom. The van der Waals surface area contributed by atoms with Crippen molar-refractivity contribution < 1.29 is 19.2 Å². The molecule has 0 spiro atoms. The number of nitro benzene ring substituents is 1. The summed E-state index contributed by atoms with van der Waals surface area (Å²) in [4.78, 5) is 35.0. The van der Waals surface area contributed by atoms with Crippen molar-refractivity contribution in [3.05, 3.63) is 111 Å². The number of nitrogens with zero attached hydrogens (tertiary/aromatic N) is 2. The van der Waals surface area contributed by atoms with E-state index < -0.39 is 16.8 Å². The monoisotopic (exact) mass is 427 g/mol. The molecule has 0 unspecified atom stereocenters. The summed E-state index contributed by atoms with van der Waals surface area (Å²) >= 11 is 0. The molecule has 1 amide bonds. The standard InChI is InChI=1S/C24H17N3O5/c25-15-19(23(28)26-16-18-6-2-1-3-7-18)14-17-10-12-20(13-11-17)32-24(29)21-8-4-5-9-22(21)27(30)31/h1-14H,16H2,(H,26,28)/b19-14+. The minimum absolute atomic E-state index is 0.0782. The number of carbonyl (C=O) groups is 2. The fourth-order valence-electron chi connectivity index (χ4n) is 2.79. The Kier molecular flexibility index (Phi) is 7.07. The van der Waals surface area contributed by atoms with Gasteiger partial charge in [0, 0.05) is 12.6 Å². The lowest BCUT2D eigenvalue weighted by molar-refractivity contribution is -0.385. The summed E-state index contributed by atoms with van der Waals surface area (Å²) in [6.07, 6.45) is 1.41. The fourth-order valence-corrected chi connectivity index (χ4v) is 2.79. The minimum atomic E-state index is -0.862. The molecule has 0 fully saturated rings. The first-order valence-electron chi connectivity index (χ1n) is 9.47. The van der Waals surface area contributed by atoms with Crippen LogP contribution in [-0.4, -0.2) is 16.8 Å². The maximum atomic E-state index is 12.3. The Morgan fingerprint density at radius 2 is 1.66 bits per heavy atom. The second-order valence-corrected chi connectivity index (χ2v) is 6.57. The molecule has 1 N–H and O–H groups in total. The van der Waals surface area contributed by atoms with E-state index in [-0.39, 0.29) is 22.6 Å². The van der Waals surface area contributed by atoms with Crippen LogP contribution in [0, 0.1) is 21.4 Å². The van der Waals surface area contributed by atoms with Gasteiger partial charge < -0.3 is 10.1 Å². The zero-order chi connectivity index (χ0) is 22.9. The summed E-state index contributed by atoms with van der Waals surface area (Å²) in [5.41, 5.74) is 0.857.